The van der Waals surface area contributed by atoms with Crippen LogP contribution in [0.15, 0.2) is 58.4 Å². The summed E-state index contributed by atoms with van der Waals surface area (Å²) in [5.41, 5.74) is 7.39. The number of amides is 1. The summed E-state index contributed by atoms with van der Waals surface area (Å²) in [6, 6.07) is 16.1. The molecule has 1 aliphatic rings. The summed E-state index contributed by atoms with van der Waals surface area (Å²) >= 11 is 1.37. The molecule has 1 aromatic heterocycles. The van der Waals surface area contributed by atoms with Gasteiger partial charge >= 0.3 is 0 Å². The molecule has 2 heterocycles. The number of aromatic nitrogens is 1. The van der Waals surface area contributed by atoms with E-state index in [2.05, 4.69) is 47.8 Å². The van der Waals surface area contributed by atoms with Crippen molar-refractivity contribution in [2.45, 2.75) is 27.7 Å². The van der Waals surface area contributed by atoms with Gasteiger partial charge in [-0.15, -0.1) is 0 Å². The molecule has 0 spiro atoms. The first kappa shape index (κ1) is 21.0. The highest BCUT2D eigenvalue weighted by molar-refractivity contribution is 8.18. The number of hydrogen-bond acceptors (Lipinski definition) is 4. The number of carbonyl (C=O) groups excluding carboxylic acids is 1. The van der Waals surface area contributed by atoms with Gasteiger partial charge in [0.25, 0.3) is 5.91 Å². The van der Waals surface area contributed by atoms with Crippen LogP contribution in [-0.2, 0) is 4.79 Å². The van der Waals surface area contributed by atoms with E-state index < -0.39 is 0 Å². The lowest BCUT2D eigenvalue weighted by Gasteiger charge is -2.10. The van der Waals surface area contributed by atoms with Gasteiger partial charge in [0.1, 0.15) is 5.75 Å². The highest BCUT2D eigenvalue weighted by Crippen LogP contribution is 2.31. The summed E-state index contributed by atoms with van der Waals surface area (Å²) in [4.78, 5) is 17.8. The summed E-state index contributed by atoms with van der Waals surface area (Å²) in [5, 5.41) is 3.49. The third kappa shape index (κ3) is 4.30. The van der Waals surface area contributed by atoms with Gasteiger partial charge in [0, 0.05) is 17.1 Å². The predicted molar refractivity (Wildman–Crippen MR) is 129 cm³/mol. The van der Waals surface area contributed by atoms with Crippen LogP contribution in [0.2, 0.25) is 0 Å². The molecule has 0 unspecified atom stereocenters. The number of aliphatic imine (C=N–C) groups is 1. The summed E-state index contributed by atoms with van der Waals surface area (Å²) in [6.07, 6.45) is 1.94. The quantitative estimate of drug-likeness (QED) is 0.546. The first-order valence-corrected chi connectivity index (χ1v) is 10.9. The number of nitrogens with zero attached hydrogens (tertiary/aromatic N) is 2. The maximum atomic E-state index is 12.6. The lowest BCUT2D eigenvalue weighted by molar-refractivity contribution is -0.115. The van der Waals surface area contributed by atoms with Crippen molar-refractivity contribution in [3.8, 4) is 11.4 Å². The van der Waals surface area contributed by atoms with Gasteiger partial charge in [-0.1, -0.05) is 17.7 Å². The van der Waals surface area contributed by atoms with Crippen molar-refractivity contribution >= 4 is 34.6 Å². The minimum atomic E-state index is -0.122. The smallest absolute Gasteiger partial charge is 0.264 e. The van der Waals surface area contributed by atoms with Crippen LogP contribution in [-0.4, -0.2) is 22.8 Å². The molecule has 5 nitrogen and oxygen atoms in total. The average molecular weight is 432 g/mol. The van der Waals surface area contributed by atoms with E-state index in [4.69, 9.17) is 4.74 Å². The topological polar surface area (TPSA) is 55.6 Å². The summed E-state index contributed by atoms with van der Waals surface area (Å²) in [6.45, 7) is 8.21. The molecule has 3 aromatic rings. The van der Waals surface area contributed by atoms with Crippen molar-refractivity contribution < 1.29 is 9.53 Å². The van der Waals surface area contributed by atoms with E-state index in [9.17, 15) is 4.79 Å². The van der Waals surface area contributed by atoms with E-state index in [-0.39, 0.29) is 5.91 Å². The minimum absolute atomic E-state index is 0.122. The molecule has 4 rings (SSSR count). The molecule has 1 fully saturated rings. The third-order valence-corrected chi connectivity index (χ3v) is 6.22. The molecule has 1 N–H and O–H groups in total. The fraction of sp³-hybridized carbons (Fsp3) is 0.200. The number of hydrogen-bond donors (Lipinski definition) is 1. The number of benzene rings is 2. The Kier molecular flexibility index (Phi) is 5.74. The largest absolute Gasteiger partial charge is 0.497 e. The Labute approximate surface area is 186 Å². The van der Waals surface area contributed by atoms with Crippen LogP contribution in [0.4, 0.5) is 5.69 Å². The monoisotopic (exact) mass is 431 g/mol. The highest BCUT2D eigenvalue weighted by Gasteiger charge is 2.25. The van der Waals surface area contributed by atoms with E-state index in [0.717, 1.165) is 39.6 Å². The summed E-state index contributed by atoms with van der Waals surface area (Å²) < 4.78 is 7.43. The van der Waals surface area contributed by atoms with Crippen LogP contribution in [0.1, 0.15) is 28.1 Å². The van der Waals surface area contributed by atoms with Crippen LogP contribution in [0.5, 0.6) is 5.75 Å². The number of carbonyl (C=O) groups is 1. The van der Waals surface area contributed by atoms with Gasteiger partial charge in [-0.2, -0.15) is 0 Å². The fourth-order valence-corrected chi connectivity index (χ4v) is 4.55. The summed E-state index contributed by atoms with van der Waals surface area (Å²) in [5.74, 6) is 0.700. The number of ether oxygens (including phenoxy) is 1. The number of rotatable bonds is 4. The van der Waals surface area contributed by atoms with E-state index in [1.54, 1.807) is 7.11 Å². The molecule has 0 radical (unpaired) electrons. The maximum absolute atomic E-state index is 12.6. The Balaban J connectivity index is 1.63. The van der Waals surface area contributed by atoms with E-state index >= 15 is 0 Å². The van der Waals surface area contributed by atoms with Crippen molar-refractivity contribution in [2.24, 2.45) is 4.99 Å². The van der Waals surface area contributed by atoms with Crippen LogP contribution in [0, 0.1) is 27.7 Å². The Hall–Kier alpha value is -3.25. The van der Waals surface area contributed by atoms with Gasteiger partial charge in [-0.3, -0.25) is 4.79 Å². The van der Waals surface area contributed by atoms with Gasteiger partial charge in [0.2, 0.25) is 0 Å². The zero-order valence-electron chi connectivity index (χ0n) is 18.3. The maximum Gasteiger partial charge on any atom is 0.264 e. The molecule has 0 saturated carbocycles. The van der Waals surface area contributed by atoms with E-state index in [0.29, 0.717) is 10.1 Å². The first-order chi connectivity index (χ1) is 14.9. The van der Waals surface area contributed by atoms with Crippen molar-refractivity contribution in [3.63, 3.8) is 0 Å². The molecule has 1 aliphatic heterocycles. The Morgan fingerprint density at radius 2 is 1.77 bits per heavy atom. The third-order valence-electron chi connectivity index (χ3n) is 5.31. The first-order valence-electron chi connectivity index (χ1n) is 10.1. The Bertz CT molecular complexity index is 1220. The molecule has 0 atom stereocenters. The van der Waals surface area contributed by atoms with Crippen molar-refractivity contribution in [3.05, 3.63) is 81.5 Å². The molecular weight excluding hydrogens is 406 g/mol. The van der Waals surface area contributed by atoms with Gasteiger partial charge in [0.15, 0.2) is 5.17 Å². The van der Waals surface area contributed by atoms with E-state index in [1.807, 2.05) is 49.4 Å². The lowest BCUT2D eigenvalue weighted by Crippen LogP contribution is -2.19. The van der Waals surface area contributed by atoms with Crippen LogP contribution in [0.25, 0.3) is 11.8 Å². The molecule has 31 heavy (non-hydrogen) atoms. The van der Waals surface area contributed by atoms with Gasteiger partial charge < -0.3 is 14.6 Å². The number of methoxy groups -OCH3 is 1. The molecule has 2 aromatic carbocycles. The number of thioether (sulfide) groups is 1. The molecule has 0 aliphatic carbocycles. The molecule has 1 amide bonds. The van der Waals surface area contributed by atoms with E-state index in [1.165, 1.54) is 17.3 Å². The van der Waals surface area contributed by atoms with Crippen molar-refractivity contribution in [1.29, 1.82) is 0 Å². The second-order valence-corrected chi connectivity index (χ2v) is 8.66. The predicted octanol–water partition coefficient (Wildman–Crippen LogP) is 5.61. The lowest BCUT2D eigenvalue weighted by atomic mass is 10.1. The van der Waals surface area contributed by atoms with Crippen LogP contribution < -0.4 is 10.1 Å². The second-order valence-electron chi connectivity index (χ2n) is 7.63. The zero-order valence-corrected chi connectivity index (χ0v) is 19.1. The molecule has 0 bridgehead atoms. The Morgan fingerprint density at radius 1 is 1.03 bits per heavy atom. The van der Waals surface area contributed by atoms with Gasteiger partial charge in [-0.05, 0) is 93.1 Å². The molecule has 158 valence electrons. The number of amidine groups is 1. The Morgan fingerprint density at radius 3 is 2.45 bits per heavy atom. The molecule has 6 heteroatoms. The second kappa shape index (κ2) is 8.47. The number of nitrogens with one attached hydrogen (secondary N) is 1. The zero-order chi connectivity index (χ0) is 22.1. The van der Waals surface area contributed by atoms with Gasteiger partial charge in [0.05, 0.1) is 17.7 Å². The van der Waals surface area contributed by atoms with Crippen molar-refractivity contribution in [1.82, 2.24) is 9.88 Å². The van der Waals surface area contributed by atoms with Gasteiger partial charge in [-0.25, -0.2) is 4.99 Å². The van der Waals surface area contributed by atoms with Crippen LogP contribution >= 0.6 is 11.8 Å². The van der Waals surface area contributed by atoms with Crippen molar-refractivity contribution in [2.75, 3.05) is 7.11 Å². The molecule has 1 saturated heterocycles. The minimum Gasteiger partial charge on any atom is -0.497 e. The number of aryl methyl sites for hydroxylation is 3. The SMILES string of the molecule is COc1ccc(-n2c(C)cc(/C=C3/SC(=Nc4ccc(C)cc4C)NC3=O)c2C)cc1. The standard InChI is InChI=1S/C25H25N3O2S/c1-15-6-11-22(16(2)12-15)26-25-27-24(29)23(31-25)14-19-13-17(3)28(18(19)4)20-7-9-21(30-5)10-8-20/h6-14H,1-5H3,(H,26,27,29)/b23-14+. The van der Waals surface area contributed by atoms with Crippen LogP contribution in [0.3, 0.4) is 0 Å². The highest BCUT2D eigenvalue weighted by atomic mass is 32.2. The average Bonchev–Trinajstić information content (AvgIpc) is 3.22. The molecular formula is C25H25N3O2S. The summed E-state index contributed by atoms with van der Waals surface area (Å²) in [7, 11) is 1.66. The fourth-order valence-electron chi connectivity index (χ4n) is 3.72. The normalized spacial score (nSPS) is 16.2.